The largest absolute Gasteiger partial charge is 0.475 e. The van der Waals surface area contributed by atoms with Gasteiger partial charge in [0.1, 0.15) is 11.9 Å². The van der Waals surface area contributed by atoms with Crippen LogP contribution in [0, 0.1) is 6.92 Å². The van der Waals surface area contributed by atoms with E-state index in [1.165, 1.54) is 6.33 Å². The Morgan fingerprint density at radius 3 is 2.17 bits per heavy atom. The number of H-pyrrole nitrogens is 1. The van der Waals surface area contributed by atoms with Crippen LogP contribution in [0.15, 0.2) is 73.2 Å². The van der Waals surface area contributed by atoms with Gasteiger partial charge in [0.2, 0.25) is 0 Å². The number of aromatic amines is 1. The molecule has 1 aliphatic heterocycles. The first kappa shape index (κ1) is 29.9. The van der Waals surface area contributed by atoms with Crippen LogP contribution in [0.2, 0.25) is 0 Å². The normalized spacial score (nSPS) is 17.6. The third-order valence-corrected chi connectivity index (χ3v) is 8.39. The van der Waals surface area contributed by atoms with Crippen molar-refractivity contribution in [1.29, 1.82) is 0 Å². The van der Waals surface area contributed by atoms with Crippen LogP contribution in [0.25, 0.3) is 11.0 Å². The van der Waals surface area contributed by atoms with Crippen molar-refractivity contribution in [1.82, 2.24) is 19.9 Å². The summed E-state index contributed by atoms with van der Waals surface area (Å²) in [5, 5.41) is 0. The topological polar surface area (TPSA) is 116 Å². The van der Waals surface area contributed by atoms with Crippen LogP contribution >= 0.6 is 7.82 Å². The number of carbonyl (C=O) groups is 1. The number of fused-ring (bicyclic) bond motifs is 1. The highest BCUT2D eigenvalue weighted by atomic mass is 31.2. The van der Waals surface area contributed by atoms with Crippen LogP contribution in [0.5, 0.6) is 0 Å². The second-order valence-electron chi connectivity index (χ2n) is 11.3. The number of rotatable bonds is 10. The highest BCUT2D eigenvalue weighted by molar-refractivity contribution is 7.48. The molecule has 2 aromatic carbocycles. The Kier molecular flexibility index (Phi) is 9.08. The number of benzene rings is 2. The fourth-order valence-corrected chi connectivity index (χ4v) is 6.22. The molecule has 0 radical (unpaired) electrons. The average Bonchev–Trinajstić information content (AvgIpc) is 3.59. The van der Waals surface area contributed by atoms with Gasteiger partial charge in [0, 0.05) is 11.8 Å². The van der Waals surface area contributed by atoms with Crippen LogP contribution in [0.1, 0.15) is 62.0 Å². The number of likely N-dealkylation sites (tertiary alicyclic amines) is 1. The zero-order valence-corrected chi connectivity index (χ0v) is 25.3. The molecule has 10 nitrogen and oxygen atoms in total. The van der Waals surface area contributed by atoms with Gasteiger partial charge in [-0.05, 0) is 51.7 Å². The molecule has 11 heteroatoms. The van der Waals surface area contributed by atoms with Crippen LogP contribution in [0.4, 0.5) is 4.79 Å². The first-order valence-corrected chi connectivity index (χ1v) is 15.5. The maximum absolute atomic E-state index is 13.9. The summed E-state index contributed by atoms with van der Waals surface area (Å²) in [6.45, 7) is 7.41. The van der Waals surface area contributed by atoms with Gasteiger partial charge >= 0.3 is 13.9 Å². The summed E-state index contributed by atoms with van der Waals surface area (Å²) in [5.74, 6) is 0. The summed E-state index contributed by atoms with van der Waals surface area (Å²) in [4.78, 5) is 27.3. The fraction of sp³-hybridized carbons (Fsp3) is 0.387. The van der Waals surface area contributed by atoms with Gasteiger partial charge in [-0.25, -0.2) is 19.3 Å². The lowest BCUT2D eigenvalue weighted by Crippen LogP contribution is -2.43. The number of aryl methyl sites for hydroxylation is 1. The van der Waals surface area contributed by atoms with Crippen molar-refractivity contribution in [3.63, 3.8) is 0 Å². The molecule has 1 saturated heterocycles. The summed E-state index contributed by atoms with van der Waals surface area (Å²) in [7, 11) is -4.03. The fourth-order valence-electron chi connectivity index (χ4n) is 5.03. The summed E-state index contributed by atoms with van der Waals surface area (Å²) in [6.07, 6.45) is 4.15. The quantitative estimate of drug-likeness (QED) is 0.191. The van der Waals surface area contributed by atoms with Crippen molar-refractivity contribution in [3.8, 4) is 0 Å². The molecule has 0 aliphatic carbocycles. The maximum atomic E-state index is 13.9. The molecule has 2 atom stereocenters. The van der Waals surface area contributed by atoms with E-state index in [4.69, 9.17) is 18.3 Å². The van der Waals surface area contributed by atoms with Gasteiger partial charge in [-0.1, -0.05) is 60.7 Å². The summed E-state index contributed by atoms with van der Waals surface area (Å²) < 4.78 is 37.3. The van der Waals surface area contributed by atoms with Gasteiger partial charge in [0.25, 0.3) is 0 Å². The summed E-state index contributed by atoms with van der Waals surface area (Å²) in [6, 6.07) is 18.0. The maximum Gasteiger partial charge on any atom is 0.475 e. The van der Waals surface area contributed by atoms with E-state index >= 15 is 0 Å². The van der Waals surface area contributed by atoms with Crippen LogP contribution in [-0.2, 0) is 36.1 Å². The standard InChI is InChI=1S/C31H37N4O6P/c1-22-28-29(34-21-33-22)26(17-32-28)27-16-15-25(35(27)30(36)41-31(2,3)4)20-40-42(37,38-18-23-11-7-5-8-12-23)39-19-24-13-9-6-10-14-24/h5-14,17,21,25,27,32H,15-16,18-20H2,1-4H3/t25-,27+/m0/s1. The zero-order valence-electron chi connectivity index (χ0n) is 24.4. The Morgan fingerprint density at radius 2 is 1.57 bits per heavy atom. The number of phosphoric ester groups is 1. The third-order valence-electron chi connectivity index (χ3n) is 7.04. The van der Waals surface area contributed by atoms with E-state index < -0.39 is 25.6 Å². The molecule has 0 spiro atoms. The lowest BCUT2D eigenvalue weighted by Gasteiger charge is -2.33. The number of nitrogens with one attached hydrogen (secondary N) is 1. The summed E-state index contributed by atoms with van der Waals surface area (Å²) in [5.41, 5.74) is 4.22. The number of carbonyl (C=O) groups excluding carboxylic acids is 1. The number of nitrogens with zero attached hydrogens (tertiary/aromatic N) is 3. The minimum atomic E-state index is -4.03. The molecule has 1 amide bonds. The first-order chi connectivity index (χ1) is 20.1. The predicted octanol–water partition coefficient (Wildman–Crippen LogP) is 7.27. The number of ether oxygens (including phenoxy) is 1. The third kappa shape index (κ3) is 7.25. The molecule has 1 N–H and O–H groups in total. The Morgan fingerprint density at radius 1 is 0.952 bits per heavy atom. The molecule has 0 unspecified atom stereocenters. The van der Waals surface area contributed by atoms with E-state index in [0.29, 0.717) is 12.8 Å². The first-order valence-electron chi connectivity index (χ1n) is 14.0. The number of amides is 1. The molecular weight excluding hydrogens is 555 g/mol. The SMILES string of the molecule is Cc1ncnc2c([C@H]3CC[C@@H](COP(=O)(OCc4ccccc4)OCc4ccccc4)N3C(=O)OC(C)(C)C)c[nH]c12. The molecule has 1 fully saturated rings. The lowest BCUT2D eigenvalue weighted by molar-refractivity contribution is 0.00639. The molecular formula is C31H37N4O6P. The van der Waals surface area contributed by atoms with Crippen LogP contribution in [-0.4, -0.2) is 44.2 Å². The highest BCUT2D eigenvalue weighted by Crippen LogP contribution is 2.52. The Bertz CT molecular complexity index is 1490. The molecule has 5 rings (SSSR count). The van der Waals surface area contributed by atoms with Gasteiger partial charge in [-0.2, -0.15) is 0 Å². The molecule has 222 valence electrons. The number of hydrogen-bond donors (Lipinski definition) is 1. The van der Waals surface area contributed by atoms with Gasteiger partial charge in [0.15, 0.2) is 0 Å². The minimum absolute atomic E-state index is 0.0460. The van der Waals surface area contributed by atoms with E-state index in [-0.39, 0.29) is 25.9 Å². The minimum Gasteiger partial charge on any atom is -0.444 e. The monoisotopic (exact) mass is 592 g/mol. The van der Waals surface area contributed by atoms with Crippen molar-refractivity contribution < 1.29 is 27.7 Å². The second-order valence-corrected chi connectivity index (χ2v) is 13.0. The van der Waals surface area contributed by atoms with Gasteiger partial charge in [0.05, 0.1) is 48.6 Å². The van der Waals surface area contributed by atoms with E-state index in [0.717, 1.165) is 33.4 Å². The zero-order chi connectivity index (χ0) is 29.7. The molecule has 4 aromatic rings. The number of aromatic nitrogens is 3. The van der Waals surface area contributed by atoms with E-state index in [9.17, 15) is 9.36 Å². The Balaban J connectivity index is 1.37. The second kappa shape index (κ2) is 12.8. The molecule has 3 heterocycles. The van der Waals surface area contributed by atoms with Crippen molar-refractivity contribution in [2.45, 2.75) is 71.4 Å². The van der Waals surface area contributed by atoms with Crippen molar-refractivity contribution in [3.05, 3.63) is 95.6 Å². The Labute approximate surface area is 246 Å². The van der Waals surface area contributed by atoms with E-state index in [1.807, 2.05) is 94.6 Å². The van der Waals surface area contributed by atoms with Crippen molar-refractivity contribution >= 4 is 24.9 Å². The van der Waals surface area contributed by atoms with Gasteiger partial charge in [-0.15, -0.1) is 0 Å². The molecule has 0 saturated carbocycles. The molecule has 42 heavy (non-hydrogen) atoms. The van der Waals surface area contributed by atoms with Crippen LogP contribution in [0.3, 0.4) is 0 Å². The van der Waals surface area contributed by atoms with Crippen molar-refractivity contribution in [2.75, 3.05) is 6.61 Å². The van der Waals surface area contributed by atoms with Gasteiger partial charge < -0.3 is 9.72 Å². The molecule has 0 bridgehead atoms. The van der Waals surface area contributed by atoms with E-state index in [1.54, 1.807) is 4.90 Å². The lowest BCUT2D eigenvalue weighted by atomic mass is 10.1. The van der Waals surface area contributed by atoms with Gasteiger partial charge in [-0.3, -0.25) is 18.5 Å². The van der Waals surface area contributed by atoms with Crippen molar-refractivity contribution in [2.24, 2.45) is 0 Å². The molecule has 1 aliphatic rings. The van der Waals surface area contributed by atoms with Crippen LogP contribution < -0.4 is 0 Å². The average molecular weight is 593 g/mol. The van der Waals surface area contributed by atoms with E-state index in [2.05, 4.69) is 15.0 Å². The number of phosphoric acid groups is 1. The summed E-state index contributed by atoms with van der Waals surface area (Å²) >= 11 is 0. The Hall–Kier alpha value is -3.56. The highest BCUT2D eigenvalue weighted by Gasteiger charge is 2.43. The predicted molar refractivity (Wildman–Crippen MR) is 158 cm³/mol. The smallest absolute Gasteiger partial charge is 0.444 e. The molecule has 2 aromatic heterocycles. The number of hydrogen-bond acceptors (Lipinski definition) is 8.